The highest BCUT2D eigenvalue weighted by Gasteiger charge is 2.26. The van der Waals surface area contributed by atoms with Crippen LogP contribution in [0.5, 0.6) is 0 Å². The molecule has 7 heteroatoms. The second-order valence-electron chi connectivity index (χ2n) is 4.94. The highest BCUT2D eigenvalue weighted by molar-refractivity contribution is 7.89. The van der Waals surface area contributed by atoms with Crippen molar-refractivity contribution in [3.05, 3.63) is 30.1 Å². The highest BCUT2D eigenvalue weighted by atomic mass is 32.2. The maximum absolute atomic E-state index is 12.9. The number of carbonyl (C=O) groups excluding carboxylic acids is 1. The third kappa shape index (κ3) is 4.78. The monoisotopic (exact) mass is 316 g/mol. The SMILES string of the molecule is CNC(=O)CCCN(C(C)C)S(=O)(=O)c1ccc(F)cc1. The van der Waals surface area contributed by atoms with Crippen LogP contribution in [0.3, 0.4) is 0 Å². The van der Waals surface area contributed by atoms with E-state index in [2.05, 4.69) is 5.32 Å². The van der Waals surface area contributed by atoms with E-state index < -0.39 is 15.8 Å². The van der Waals surface area contributed by atoms with Gasteiger partial charge in [-0.2, -0.15) is 4.31 Å². The molecule has 1 amide bonds. The Labute approximate surface area is 125 Å². The molecule has 0 atom stereocenters. The fraction of sp³-hybridized carbons (Fsp3) is 0.500. The minimum Gasteiger partial charge on any atom is -0.359 e. The van der Waals surface area contributed by atoms with E-state index in [0.29, 0.717) is 6.42 Å². The van der Waals surface area contributed by atoms with Crippen molar-refractivity contribution in [2.45, 2.75) is 37.6 Å². The Bertz CT molecular complexity index is 570. The summed E-state index contributed by atoms with van der Waals surface area (Å²) in [6.45, 7) is 3.77. The molecule has 0 aliphatic heterocycles. The van der Waals surface area contributed by atoms with Crippen LogP contribution >= 0.6 is 0 Å². The van der Waals surface area contributed by atoms with Gasteiger partial charge in [0.05, 0.1) is 4.90 Å². The number of sulfonamides is 1. The number of halogens is 1. The van der Waals surface area contributed by atoms with Crippen LogP contribution < -0.4 is 5.32 Å². The summed E-state index contributed by atoms with van der Waals surface area (Å²) in [5, 5.41) is 2.50. The van der Waals surface area contributed by atoms with E-state index in [9.17, 15) is 17.6 Å². The number of hydrogen-bond acceptors (Lipinski definition) is 3. The van der Waals surface area contributed by atoms with E-state index in [1.807, 2.05) is 0 Å². The maximum atomic E-state index is 12.9. The van der Waals surface area contributed by atoms with E-state index >= 15 is 0 Å². The van der Waals surface area contributed by atoms with Gasteiger partial charge in [-0.1, -0.05) is 0 Å². The first-order valence-electron chi connectivity index (χ1n) is 6.77. The molecule has 0 radical (unpaired) electrons. The third-order valence-electron chi connectivity index (χ3n) is 3.06. The summed E-state index contributed by atoms with van der Waals surface area (Å²) >= 11 is 0. The molecule has 0 aliphatic rings. The number of carbonyl (C=O) groups is 1. The Morgan fingerprint density at radius 3 is 2.33 bits per heavy atom. The van der Waals surface area contributed by atoms with Crippen molar-refractivity contribution >= 4 is 15.9 Å². The molecule has 1 aromatic rings. The molecule has 1 N–H and O–H groups in total. The average Bonchev–Trinajstić information content (AvgIpc) is 2.43. The molecule has 0 heterocycles. The van der Waals surface area contributed by atoms with Gasteiger partial charge in [-0.3, -0.25) is 4.79 Å². The molecule has 0 saturated heterocycles. The molecule has 0 spiro atoms. The summed E-state index contributed by atoms with van der Waals surface area (Å²) < 4.78 is 39.3. The number of benzene rings is 1. The van der Waals surface area contributed by atoms with Gasteiger partial charge >= 0.3 is 0 Å². The van der Waals surface area contributed by atoms with Gasteiger partial charge in [0.2, 0.25) is 15.9 Å². The van der Waals surface area contributed by atoms with Gasteiger partial charge in [-0.15, -0.1) is 0 Å². The van der Waals surface area contributed by atoms with Gasteiger partial charge in [-0.25, -0.2) is 12.8 Å². The maximum Gasteiger partial charge on any atom is 0.243 e. The first-order valence-corrected chi connectivity index (χ1v) is 8.21. The first-order chi connectivity index (χ1) is 9.78. The topological polar surface area (TPSA) is 66.5 Å². The Morgan fingerprint density at radius 1 is 1.29 bits per heavy atom. The smallest absolute Gasteiger partial charge is 0.243 e. The van der Waals surface area contributed by atoms with Gasteiger partial charge in [0.25, 0.3) is 0 Å². The minimum absolute atomic E-state index is 0.0533. The molecule has 0 aromatic heterocycles. The number of amides is 1. The zero-order chi connectivity index (χ0) is 16.0. The molecule has 0 fully saturated rings. The van der Waals surface area contributed by atoms with Crippen molar-refractivity contribution in [3.8, 4) is 0 Å². The quantitative estimate of drug-likeness (QED) is 0.833. The summed E-state index contributed by atoms with van der Waals surface area (Å²) in [4.78, 5) is 11.3. The van der Waals surface area contributed by atoms with Gasteiger partial charge < -0.3 is 5.32 Å². The number of nitrogens with one attached hydrogen (secondary N) is 1. The fourth-order valence-corrected chi connectivity index (χ4v) is 3.59. The lowest BCUT2D eigenvalue weighted by Gasteiger charge is -2.25. The van der Waals surface area contributed by atoms with Crippen molar-refractivity contribution < 1.29 is 17.6 Å². The number of hydrogen-bond donors (Lipinski definition) is 1. The minimum atomic E-state index is -3.69. The van der Waals surface area contributed by atoms with Crippen molar-refractivity contribution in [2.24, 2.45) is 0 Å². The standard InChI is InChI=1S/C14H21FN2O3S/c1-11(2)17(10-4-5-14(18)16-3)21(19,20)13-8-6-12(15)7-9-13/h6-9,11H,4-5,10H2,1-3H3,(H,16,18). The van der Waals surface area contributed by atoms with E-state index in [1.165, 1.54) is 23.5 Å². The molecule has 1 rings (SSSR count). The average molecular weight is 316 g/mol. The predicted molar refractivity (Wildman–Crippen MR) is 78.7 cm³/mol. The van der Waals surface area contributed by atoms with E-state index in [4.69, 9.17) is 0 Å². The van der Waals surface area contributed by atoms with Crippen molar-refractivity contribution in [1.29, 1.82) is 0 Å². The molecule has 21 heavy (non-hydrogen) atoms. The van der Waals surface area contributed by atoms with Gasteiger partial charge in [0.15, 0.2) is 0 Å². The van der Waals surface area contributed by atoms with E-state index in [0.717, 1.165) is 12.1 Å². The number of nitrogens with zero attached hydrogens (tertiary/aromatic N) is 1. The van der Waals surface area contributed by atoms with Crippen LogP contribution in [-0.4, -0.2) is 38.3 Å². The Hall–Kier alpha value is -1.47. The second kappa shape index (κ2) is 7.51. The molecule has 0 aliphatic carbocycles. The summed E-state index contributed by atoms with van der Waals surface area (Å²) in [6, 6.07) is 4.49. The van der Waals surface area contributed by atoms with Gasteiger partial charge in [-0.05, 0) is 44.5 Å². The van der Waals surface area contributed by atoms with Crippen LogP contribution in [0.2, 0.25) is 0 Å². The van der Waals surface area contributed by atoms with Crippen LogP contribution in [0.15, 0.2) is 29.2 Å². The lowest BCUT2D eigenvalue weighted by molar-refractivity contribution is -0.120. The van der Waals surface area contributed by atoms with Gasteiger partial charge in [0, 0.05) is 26.1 Å². The molecule has 0 bridgehead atoms. The Morgan fingerprint density at radius 2 is 1.86 bits per heavy atom. The van der Waals surface area contributed by atoms with Crippen LogP contribution in [0.25, 0.3) is 0 Å². The Balaban J connectivity index is 2.88. The summed E-state index contributed by atoms with van der Waals surface area (Å²) in [7, 11) is -2.15. The molecular formula is C14H21FN2O3S. The van der Waals surface area contributed by atoms with Crippen molar-refractivity contribution in [1.82, 2.24) is 9.62 Å². The molecule has 1 aromatic carbocycles. The van der Waals surface area contributed by atoms with Crippen molar-refractivity contribution in [2.75, 3.05) is 13.6 Å². The fourth-order valence-electron chi connectivity index (χ4n) is 1.92. The molecule has 118 valence electrons. The largest absolute Gasteiger partial charge is 0.359 e. The normalized spacial score (nSPS) is 11.9. The molecule has 0 saturated carbocycles. The van der Waals surface area contributed by atoms with Crippen LogP contribution in [0.1, 0.15) is 26.7 Å². The third-order valence-corrected chi connectivity index (χ3v) is 5.15. The van der Waals surface area contributed by atoms with Gasteiger partial charge in [0.1, 0.15) is 5.82 Å². The zero-order valence-corrected chi connectivity index (χ0v) is 13.3. The van der Waals surface area contributed by atoms with Crippen LogP contribution in [0, 0.1) is 5.82 Å². The van der Waals surface area contributed by atoms with E-state index in [-0.39, 0.29) is 29.8 Å². The highest BCUT2D eigenvalue weighted by Crippen LogP contribution is 2.19. The van der Waals surface area contributed by atoms with E-state index in [1.54, 1.807) is 13.8 Å². The predicted octanol–water partition coefficient (Wildman–Crippen LogP) is 1.75. The first kappa shape index (κ1) is 17.6. The Kier molecular flexibility index (Phi) is 6.29. The number of rotatable bonds is 7. The summed E-state index contributed by atoms with van der Waals surface area (Å²) in [5.74, 6) is -0.609. The lowest BCUT2D eigenvalue weighted by Crippen LogP contribution is -2.38. The van der Waals surface area contributed by atoms with Crippen LogP contribution in [-0.2, 0) is 14.8 Å². The second-order valence-corrected chi connectivity index (χ2v) is 6.83. The van der Waals surface area contributed by atoms with Crippen LogP contribution in [0.4, 0.5) is 4.39 Å². The lowest BCUT2D eigenvalue weighted by atomic mass is 10.3. The molecular weight excluding hydrogens is 295 g/mol. The summed E-state index contributed by atoms with van der Waals surface area (Å²) in [5.41, 5.74) is 0. The molecule has 0 unspecified atom stereocenters. The molecule has 5 nitrogen and oxygen atoms in total. The summed E-state index contributed by atoms with van der Waals surface area (Å²) in [6.07, 6.45) is 0.691. The zero-order valence-electron chi connectivity index (χ0n) is 12.5. The van der Waals surface area contributed by atoms with Crippen molar-refractivity contribution in [3.63, 3.8) is 0 Å².